The number of aromatic nitrogens is 1. The van der Waals surface area contributed by atoms with Gasteiger partial charge < -0.3 is 5.32 Å². The lowest BCUT2D eigenvalue weighted by atomic mass is 10.1. The smallest absolute Gasteiger partial charge is 0.228 e. The molecule has 3 nitrogen and oxygen atoms in total. The molecule has 4 heteroatoms. The second-order valence-corrected chi connectivity index (χ2v) is 6.28. The van der Waals surface area contributed by atoms with Crippen LogP contribution >= 0.6 is 11.6 Å². The zero-order chi connectivity index (χ0) is 15.8. The van der Waals surface area contributed by atoms with Crippen molar-refractivity contribution < 1.29 is 4.79 Å². The Morgan fingerprint density at radius 1 is 1.13 bits per heavy atom. The van der Waals surface area contributed by atoms with Gasteiger partial charge in [0.25, 0.3) is 0 Å². The third-order valence-corrected chi connectivity index (χ3v) is 4.65. The van der Waals surface area contributed by atoms with E-state index in [0.717, 1.165) is 33.6 Å². The molecule has 0 radical (unpaired) electrons. The van der Waals surface area contributed by atoms with E-state index in [-0.39, 0.29) is 17.7 Å². The number of benzene rings is 2. The molecule has 1 fully saturated rings. The molecule has 0 aliphatic heterocycles. The summed E-state index contributed by atoms with van der Waals surface area (Å²) in [6.07, 6.45) is 2.61. The highest BCUT2D eigenvalue weighted by Gasteiger charge is 2.44. The van der Waals surface area contributed by atoms with Gasteiger partial charge in [-0.3, -0.25) is 9.78 Å². The molecule has 1 N–H and O–H groups in total. The molecule has 2 unspecified atom stereocenters. The van der Waals surface area contributed by atoms with Gasteiger partial charge in [-0.2, -0.15) is 0 Å². The van der Waals surface area contributed by atoms with Crippen molar-refractivity contribution in [3.05, 3.63) is 71.4 Å². The normalized spacial score (nSPS) is 19.5. The first-order valence-corrected chi connectivity index (χ1v) is 8.00. The number of pyridine rings is 1. The number of nitrogens with zero attached hydrogens (tertiary/aromatic N) is 1. The van der Waals surface area contributed by atoms with Crippen LogP contribution in [-0.2, 0) is 4.79 Å². The Labute approximate surface area is 139 Å². The number of nitrogens with one attached hydrogen (secondary N) is 1. The fourth-order valence-corrected chi connectivity index (χ4v) is 3.27. The van der Waals surface area contributed by atoms with Gasteiger partial charge in [0.2, 0.25) is 5.91 Å². The number of carbonyl (C=O) groups is 1. The lowest BCUT2D eigenvalue weighted by molar-refractivity contribution is -0.117. The number of amides is 1. The Morgan fingerprint density at radius 2 is 2.00 bits per heavy atom. The van der Waals surface area contributed by atoms with Gasteiger partial charge >= 0.3 is 0 Å². The Hall–Kier alpha value is -2.39. The van der Waals surface area contributed by atoms with E-state index in [1.54, 1.807) is 6.20 Å². The van der Waals surface area contributed by atoms with E-state index in [2.05, 4.69) is 10.3 Å². The first-order valence-electron chi connectivity index (χ1n) is 7.62. The molecule has 1 saturated carbocycles. The highest BCUT2D eigenvalue weighted by molar-refractivity contribution is 6.31. The molecular formula is C19H15ClN2O. The zero-order valence-electron chi connectivity index (χ0n) is 12.4. The predicted octanol–water partition coefficient (Wildman–Crippen LogP) is 4.63. The van der Waals surface area contributed by atoms with E-state index in [0.29, 0.717) is 0 Å². The van der Waals surface area contributed by atoms with Crippen LogP contribution in [-0.4, -0.2) is 10.9 Å². The first kappa shape index (κ1) is 14.2. The molecule has 4 rings (SSSR count). The average Bonchev–Trinajstić information content (AvgIpc) is 3.36. The van der Waals surface area contributed by atoms with Crippen LogP contribution in [0, 0.1) is 5.92 Å². The van der Waals surface area contributed by atoms with Crippen LogP contribution < -0.4 is 5.32 Å². The van der Waals surface area contributed by atoms with E-state index in [4.69, 9.17) is 11.6 Å². The zero-order valence-corrected chi connectivity index (χ0v) is 13.1. The minimum Gasteiger partial charge on any atom is -0.326 e. The van der Waals surface area contributed by atoms with Gasteiger partial charge in [0.1, 0.15) is 0 Å². The van der Waals surface area contributed by atoms with E-state index in [1.165, 1.54) is 0 Å². The standard InChI is InChI=1S/C19H15ClN2O/c20-17-6-2-1-5-14(17)15-11-16(15)19(23)22-13-7-8-18-12(10-13)4-3-9-21-18/h1-10,15-16H,11H2,(H,22,23). The summed E-state index contributed by atoms with van der Waals surface area (Å²) in [7, 11) is 0. The molecule has 23 heavy (non-hydrogen) atoms. The van der Waals surface area contributed by atoms with E-state index < -0.39 is 0 Å². The van der Waals surface area contributed by atoms with Crippen molar-refractivity contribution in [3.8, 4) is 0 Å². The Kier molecular flexibility index (Phi) is 3.50. The Bertz CT molecular complexity index is 893. The van der Waals surface area contributed by atoms with E-state index >= 15 is 0 Å². The van der Waals surface area contributed by atoms with Crippen LogP contribution in [0.1, 0.15) is 17.9 Å². The lowest BCUT2D eigenvalue weighted by Crippen LogP contribution is -2.14. The molecule has 0 bridgehead atoms. The van der Waals surface area contributed by atoms with E-state index in [1.807, 2.05) is 54.6 Å². The number of rotatable bonds is 3. The van der Waals surface area contributed by atoms with Crippen molar-refractivity contribution in [1.82, 2.24) is 4.98 Å². The first-order chi connectivity index (χ1) is 11.2. The minimum absolute atomic E-state index is 0.000467. The van der Waals surface area contributed by atoms with Gasteiger partial charge in [0, 0.05) is 28.2 Å². The van der Waals surface area contributed by atoms with Gasteiger partial charge in [-0.1, -0.05) is 35.9 Å². The SMILES string of the molecule is O=C(Nc1ccc2ncccc2c1)C1CC1c1ccccc1Cl. The fourth-order valence-electron chi connectivity index (χ4n) is 2.99. The van der Waals surface area contributed by atoms with E-state index in [9.17, 15) is 4.79 Å². The summed E-state index contributed by atoms with van der Waals surface area (Å²) >= 11 is 6.22. The molecular weight excluding hydrogens is 308 g/mol. The van der Waals surface area contributed by atoms with Crippen molar-refractivity contribution >= 4 is 34.1 Å². The summed E-state index contributed by atoms with van der Waals surface area (Å²) in [6.45, 7) is 0. The maximum Gasteiger partial charge on any atom is 0.228 e. The maximum atomic E-state index is 12.4. The monoisotopic (exact) mass is 322 g/mol. The molecule has 3 aromatic rings. The van der Waals surface area contributed by atoms with Crippen molar-refractivity contribution in [2.24, 2.45) is 5.92 Å². The van der Waals surface area contributed by atoms with Crippen LogP contribution in [0.4, 0.5) is 5.69 Å². The van der Waals surface area contributed by atoms with Crippen LogP contribution in [0.2, 0.25) is 5.02 Å². The number of carbonyl (C=O) groups excluding carboxylic acids is 1. The van der Waals surface area contributed by atoms with Gasteiger partial charge in [0.15, 0.2) is 0 Å². The van der Waals surface area contributed by atoms with Crippen LogP contribution in [0.5, 0.6) is 0 Å². The minimum atomic E-state index is -0.000467. The molecule has 0 saturated heterocycles. The van der Waals surface area contributed by atoms with Crippen molar-refractivity contribution in [2.75, 3.05) is 5.32 Å². The van der Waals surface area contributed by atoms with Gasteiger partial charge in [-0.25, -0.2) is 0 Å². The second-order valence-electron chi connectivity index (χ2n) is 5.87. The summed E-state index contributed by atoms with van der Waals surface area (Å²) in [5, 5.41) is 4.76. The second kappa shape index (κ2) is 5.67. The number of hydrogen-bond donors (Lipinski definition) is 1. The largest absolute Gasteiger partial charge is 0.326 e. The number of anilines is 1. The molecule has 114 valence electrons. The molecule has 0 spiro atoms. The molecule has 1 heterocycles. The topological polar surface area (TPSA) is 42.0 Å². The lowest BCUT2D eigenvalue weighted by Gasteiger charge is -2.07. The summed E-state index contributed by atoms with van der Waals surface area (Å²) < 4.78 is 0. The highest BCUT2D eigenvalue weighted by Crippen LogP contribution is 2.50. The molecule has 1 amide bonds. The average molecular weight is 323 g/mol. The third kappa shape index (κ3) is 2.80. The van der Waals surface area contributed by atoms with Crippen molar-refractivity contribution in [3.63, 3.8) is 0 Å². The summed E-state index contributed by atoms with van der Waals surface area (Å²) in [5.74, 6) is 0.281. The summed E-state index contributed by atoms with van der Waals surface area (Å²) in [5.41, 5.74) is 2.79. The number of hydrogen-bond acceptors (Lipinski definition) is 2. The van der Waals surface area contributed by atoms with Crippen LogP contribution in [0.3, 0.4) is 0 Å². The molecule has 1 aliphatic carbocycles. The number of halogens is 1. The number of fused-ring (bicyclic) bond motifs is 1. The van der Waals surface area contributed by atoms with Gasteiger partial charge in [-0.15, -0.1) is 0 Å². The quantitative estimate of drug-likeness (QED) is 0.764. The van der Waals surface area contributed by atoms with Gasteiger partial charge in [-0.05, 0) is 48.2 Å². The van der Waals surface area contributed by atoms with Crippen molar-refractivity contribution in [1.29, 1.82) is 0 Å². The fraction of sp³-hybridized carbons (Fsp3) is 0.158. The third-order valence-electron chi connectivity index (χ3n) is 4.30. The highest BCUT2D eigenvalue weighted by atomic mass is 35.5. The van der Waals surface area contributed by atoms with Crippen LogP contribution in [0.15, 0.2) is 60.8 Å². The summed E-state index contributed by atoms with van der Waals surface area (Å²) in [6, 6.07) is 17.4. The Morgan fingerprint density at radius 3 is 2.87 bits per heavy atom. The van der Waals surface area contributed by atoms with Gasteiger partial charge in [0.05, 0.1) is 5.52 Å². The predicted molar refractivity (Wildman–Crippen MR) is 92.7 cm³/mol. The molecule has 1 aromatic heterocycles. The maximum absolute atomic E-state index is 12.4. The molecule has 1 aliphatic rings. The summed E-state index contributed by atoms with van der Waals surface area (Å²) in [4.78, 5) is 16.7. The molecule has 2 aromatic carbocycles. The molecule has 2 atom stereocenters. The van der Waals surface area contributed by atoms with Crippen molar-refractivity contribution in [2.45, 2.75) is 12.3 Å². The van der Waals surface area contributed by atoms with Crippen LogP contribution in [0.25, 0.3) is 10.9 Å². The Balaban J connectivity index is 1.49.